The number of nitrogens with one attached hydrogen (secondary N) is 1. The number of hydrogen-bond acceptors (Lipinski definition) is 4. The average molecular weight is 231 g/mol. The number of aliphatic hydroxyl groups is 1. The molecule has 0 aromatic heterocycles. The highest BCUT2D eigenvalue weighted by atomic mass is 16.5. The molecule has 0 fully saturated rings. The Balaban J connectivity index is 4.05. The lowest BCUT2D eigenvalue weighted by Gasteiger charge is -2.30. The third kappa shape index (κ3) is 6.80. The van der Waals surface area contributed by atoms with Gasteiger partial charge in [0.15, 0.2) is 0 Å². The Bertz CT molecular complexity index is 219. The van der Waals surface area contributed by atoms with Gasteiger partial charge in [0.2, 0.25) is 0 Å². The van der Waals surface area contributed by atoms with E-state index < -0.39 is 5.41 Å². The smallest absolute Gasteiger partial charge is 0.311 e. The molecule has 0 unspecified atom stereocenters. The van der Waals surface area contributed by atoms with Crippen molar-refractivity contribution in [2.45, 2.75) is 41.0 Å². The predicted molar refractivity (Wildman–Crippen MR) is 63.9 cm³/mol. The third-order valence-corrected chi connectivity index (χ3v) is 2.15. The summed E-state index contributed by atoms with van der Waals surface area (Å²) in [5.41, 5.74) is -0.358. The molecule has 4 nitrogen and oxygen atoms in total. The van der Waals surface area contributed by atoms with E-state index in [2.05, 4.69) is 26.1 Å². The van der Waals surface area contributed by atoms with Crippen molar-refractivity contribution in [3.05, 3.63) is 0 Å². The second kappa shape index (κ2) is 6.21. The minimum Gasteiger partial charge on any atom is -0.464 e. The molecule has 96 valence electrons. The van der Waals surface area contributed by atoms with Gasteiger partial charge in [-0.15, -0.1) is 0 Å². The van der Waals surface area contributed by atoms with Gasteiger partial charge in [0.1, 0.15) is 6.61 Å². The van der Waals surface area contributed by atoms with Crippen LogP contribution in [0.4, 0.5) is 0 Å². The highest BCUT2D eigenvalue weighted by Crippen LogP contribution is 2.33. The van der Waals surface area contributed by atoms with Crippen molar-refractivity contribution in [1.29, 1.82) is 0 Å². The van der Waals surface area contributed by atoms with Crippen molar-refractivity contribution in [3.63, 3.8) is 0 Å². The van der Waals surface area contributed by atoms with E-state index in [0.717, 1.165) is 6.42 Å². The van der Waals surface area contributed by atoms with Crippen molar-refractivity contribution in [3.8, 4) is 0 Å². The summed E-state index contributed by atoms with van der Waals surface area (Å²) >= 11 is 0. The van der Waals surface area contributed by atoms with Crippen LogP contribution in [0.25, 0.3) is 0 Å². The van der Waals surface area contributed by atoms with Gasteiger partial charge in [-0.3, -0.25) is 10.1 Å². The molecule has 0 heterocycles. The summed E-state index contributed by atoms with van der Waals surface area (Å²) < 4.78 is 5.14. The van der Waals surface area contributed by atoms with Crippen molar-refractivity contribution < 1.29 is 14.6 Å². The van der Waals surface area contributed by atoms with Crippen LogP contribution in [-0.2, 0) is 9.53 Å². The van der Waals surface area contributed by atoms with Crippen molar-refractivity contribution in [2.75, 3.05) is 19.9 Å². The molecule has 0 saturated heterocycles. The van der Waals surface area contributed by atoms with Gasteiger partial charge in [-0.05, 0) is 25.7 Å². The number of rotatable bonds is 6. The quantitative estimate of drug-likeness (QED) is 0.413. The van der Waals surface area contributed by atoms with E-state index in [4.69, 9.17) is 9.84 Å². The number of carbonyl (C=O) groups is 1. The van der Waals surface area contributed by atoms with E-state index in [-0.39, 0.29) is 18.1 Å². The zero-order chi connectivity index (χ0) is 12.8. The van der Waals surface area contributed by atoms with Gasteiger partial charge >= 0.3 is 5.97 Å². The van der Waals surface area contributed by atoms with E-state index in [9.17, 15) is 4.79 Å². The molecule has 0 bridgehead atoms. The molecule has 0 amide bonds. The van der Waals surface area contributed by atoms with Crippen molar-refractivity contribution in [2.24, 2.45) is 10.8 Å². The maximum absolute atomic E-state index is 11.8. The van der Waals surface area contributed by atoms with E-state index in [1.807, 2.05) is 13.8 Å². The summed E-state index contributed by atoms with van der Waals surface area (Å²) in [6, 6.07) is 0. The summed E-state index contributed by atoms with van der Waals surface area (Å²) in [7, 11) is 0. The molecule has 0 aliphatic heterocycles. The number of esters is 1. The van der Waals surface area contributed by atoms with Gasteiger partial charge in [0.25, 0.3) is 0 Å². The molecule has 0 rings (SSSR count). The maximum atomic E-state index is 11.8. The molecule has 0 atom stereocenters. The van der Waals surface area contributed by atoms with Crippen LogP contribution >= 0.6 is 0 Å². The lowest BCUT2D eigenvalue weighted by atomic mass is 9.76. The fourth-order valence-corrected chi connectivity index (χ4v) is 1.89. The largest absolute Gasteiger partial charge is 0.464 e. The lowest BCUT2D eigenvalue weighted by Crippen LogP contribution is -2.33. The van der Waals surface area contributed by atoms with Gasteiger partial charge in [-0.25, -0.2) is 0 Å². The van der Waals surface area contributed by atoms with Gasteiger partial charge < -0.3 is 9.84 Å². The fourth-order valence-electron chi connectivity index (χ4n) is 1.89. The summed E-state index contributed by atoms with van der Waals surface area (Å²) in [5.74, 6) is -0.179. The first-order valence-corrected chi connectivity index (χ1v) is 5.68. The third-order valence-electron chi connectivity index (χ3n) is 2.15. The summed E-state index contributed by atoms with van der Waals surface area (Å²) in [4.78, 5) is 11.8. The Labute approximate surface area is 98.4 Å². The normalized spacial score (nSPS) is 12.6. The Morgan fingerprint density at radius 2 is 1.81 bits per heavy atom. The van der Waals surface area contributed by atoms with Gasteiger partial charge in [-0.2, -0.15) is 0 Å². The second-order valence-electron chi connectivity index (χ2n) is 5.92. The van der Waals surface area contributed by atoms with Crippen LogP contribution in [0.1, 0.15) is 41.0 Å². The molecule has 0 aromatic carbocycles. The first-order valence-electron chi connectivity index (χ1n) is 5.68. The molecular weight excluding hydrogens is 206 g/mol. The van der Waals surface area contributed by atoms with Crippen LogP contribution in [0.5, 0.6) is 0 Å². The Hall–Kier alpha value is -0.610. The minimum absolute atomic E-state index is 0.0943. The lowest BCUT2D eigenvalue weighted by molar-refractivity contribution is -0.155. The van der Waals surface area contributed by atoms with Crippen LogP contribution in [0.2, 0.25) is 0 Å². The topological polar surface area (TPSA) is 58.6 Å². The highest BCUT2D eigenvalue weighted by molar-refractivity contribution is 5.75. The average Bonchev–Trinajstić information content (AvgIpc) is 2.08. The summed E-state index contributed by atoms with van der Waals surface area (Å²) in [5, 5.41) is 11.2. The molecule has 4 heteroatoms. The van der Waals surface area contributed by atoms with Gasteiger partial charge in [-0.1, -0.05) is 20.8 Å². The first-order chi connectivity index (χ1) is 7.19. The van der Waals surface area contributed by atoms with Crippen molar-refractivity contribution >= 4 is 5.97 Å². The SMILES string of the molecule is CC(C)(C)CC(C)(C)C(=O)OCCNCO. The Kier molecular flexibility index (Phi) is 5.97. The Morgan fingerprint density at radius 1 is 1.25 bits per heavy atom. The standard InChI is InChI=1S/C12H25NO3/c1-11(2,3)8-12(4,5)10(15)16-7-6-13-9-14/h13-14H,6-9H2,1-5H3. The van der Waals surface area contributed by atoms with E-state index in [1.165, 1.54) is 0 Å². The summed E-state index contributed by atoms with van der Waals surface area (Å²) in [6.07, 6.45) is 0.784. The zero-order valence-electron chi connectivity index (χ0n) is 11.1. The van der Waals surface area contributed by atoms with E-state index in [1.54, 1.807) is 0 Å². The zero-order valence-corrected chi connectivity index (χ0v) is 11.1. The van der Waals surface area contributed by atoms with Gasteiger partial charge in [0.05, 0.1) is 12.1 Å². The molecular formula is C12H25NO3. The monoisotopic (exact) mass is 231 g/mol. The van der Waals surface area contributed by atoms with E-state index >= 15 is 0 Å². The fraction of sp³-hybridized carbons (Fsp3) is 0.917. The number of aliphatic hydroxyl groups excluding tert-OH is 1. The van der Waals surface area contributed by atoms with E-state index in [0.29, 0.717) is 13.2 Å². The molecule has 0 saturated carbocycles. The molecule has 16 heavy (non-hydrogen) atoms. The van der Waals surface area contributed by atoms with Crippen molar-refractivity contribution in [1.82, 2.24) is 5.32 Å². The van der Waals surface area contributed by atoms with Crippen LogP contribution in [0.15, 0.2) is 0 Å². The number of carbonyl (C=O) groups excluding carboxylic acids is 1. The molecule has 2 N–H and O–H groups in total. The van der Waals surface area contributed by atoms with Crippen LogP contribution in [-0.4, -0.2) is 31.0 Å². The van der Waals surface area contributed by atoms with Crippen LogP contribution < -0.4 is 5.32 Å². The van der Waals surface area contributed by atoms with Gasteiger partial charge in [0, 0.05) is 6.54 Å². The highest BCUT2D eigenvalue weighted by Gasteiger charge is 2.33. The van der Waals surface area contributed by atoms with Crippen LogP contribution in [0, 0.1) is 10.8 Å². The maximum Gasteiger partial charge on any atom is 0.311 e. The molecule has 0 aliphatic rings. The molecule has 0 aliphatic carbocycles. The second-order valence-corrected chi connectivity index (χ2v) is 5.92. The molecule has 0 radical (unpaired) electrons. The van der Waals surface area contributed by atoms with Crippen LogP contribution in [0.3, 0.4) is 0 Å². The minimum atomic E-state index is -0.461. The number of ether oxygens (including phenoxy) is 1. The summed E-state index contributed by atoms with van der Waals surface area (Å²) in [6.45, 7) is 10.8. The predicted octanol–water partition coefficient (Wildman–Crippen LogP) is 1.53. The molecule has 0 aromatic rings. The first kappa shape index (κ1) is 15.4. The number of hydrogen-bond donors (Lipinski definition) is 2. The Morgan fingerprint density at radius 3 is 2.25 bits per heavy atom. The molecule has 0 spiro atoms.